The van der Waals surface area contributed by atoms with Gasteiger partial charge in [0.15, 0.2) is 0 Å². The van der Waals surface area contributed by atoms with Gasteiger partial charge in [-0.05, 0) is 41.5 Å². The molecule has 0 saturated carbocycles. The van der Waals surface area contributed by atoms with E-state index >= 15 is 0 Å². The predicted octanol–water partition coefficient (Wildman–Crippen LogP) is 4.57. The highest BCUT2D eigenvalue weighted by molar-refractivity contribution is 6.10. The Morgan fingerprint density at radius 2 is 1.37 bits per heavy atom. The van der Waals surface area contributed by atoms with Crippen LogP contribution in [-0.4, -0.2) is 18.9 Å². The second-order valence-electron chi connectivity index (χ2n) is 5.95. The minimum absolute atomic E-state index is 0.199. The molecule has 0 bridgehead atoms. The summed E-state index contributed by atoms with van der Waals surface area (Å²) in [4.78, 5) is 24.3. The van der Waals surface area contributed by atoms with Gasteiger partial charge in [0.2, 0.25) is 5.91 Å². The molecule has 0 spiro atoms. The third kappa shape index (κ3) is 4.33. The van der Waals surface area contributed by atoms with Crippen LogP contribution in [0.25, 0.3) is 11.1 Å². The van der Waals surface area contributed by atoms with E-state index in [4.69, 9.17) is 4.74 Å². The van der Waals surface area contributed by atoms with Crippen molar-refractivity contribution in [3.8, 4) is 16.9 Å². The molecule has 0 saturated heterocycles. The smallest absolute Gasteiger partial charge is 0.256 e. The van der Waals surface area contributed by atoms with Crippen LogP contribution in [0.3, 0.4) is 0 Å². The first-order valence-electron chi connectivity index (χ1n) is 8.50. The molecule has 0 aliphatic heterocycles. The Kier molecular flexibility index (Phi) is 5.52. The number of anilines is 2. The number of carbonyl (C=O) groups is 2. The van der Waals surface area contributed by atoms with Crippen molar-refractivity contribution in [1.29, 1.82) is 0 Å². The molecule has 0 aliphatic rings. The molecular weight excluding hydrogens is 340 g/mol. The number of benzene rings is 3. The highest BCUT2D eigenvalue weighted by Gasteiger charge is 2.14. The number of para-hydroxylation sites is 2. The van der Waals surface area contributed by atoms with Crippen LogP contribution in [-0.2, 0) is 4.79 Å². The third-order valence-electron chi connectivity index (χ3n) is 4.06. The number of rotatable bonds is 5. The fourth-order valence-corrected chi connectivity index (χ4v) is 2.78. The Labute approximate surface area is 158 Å². The van der Waals surface area contributed by atoms with Crippen LogP contribution in [0.4, 0.5) is 11.4 Å². The Bertz CT molecular complexity index is 965. The van der Waals surface area contributed by atoms with Gasteiger partial charge < -0.3 is 15.4 Å². The lowest BCUT2D eigenvalue weighted by Gasteiger charge is -2.14. The second kappa shape index (κ2) is 8.19. The first kappa shape index (κ1) is 18.2. The monoisotopic (exact) mass is 360 g/mol. The quantitative estimate of drug-likeness (QED) is 0.700. The molecule has 27 heavy (non-hydrogen) atoms. The fraction of sp³-hybridized carbons (Fsp3) is 0.0909. The standard InChI is InChI=1S/C22H20N2O3/c1-15(25)23-20-9-5-6-10-21(20)24-22(26)19-8-4-3-7-18(19)16-11-13-17(27-2)14-12-16/h3-14H,1-2H3,(H,23,25)(H,24,26). The van der Waals surface area contributed by atoms with E-state index < -0.39 is 0 Å². The van der Waals surface area contributed by atoms with Crippen LogP contribution in [0.15, 0.2) is 72.8 Å². The number of ether oxygens (including phenoxy) is 1. The van der Waals surface area contributed by atoms with E-state index in [-0.39, 0.29) is 11.8 Å². The molecule has 2 N–H and O–H groups in total. The Morgan fingerprint density at radius 3 is 2.00 bits per heavy atom. The van der Waals surface area contributed by atoms with Crippen LogP contribution in [0.5, 0.6) is 5.75 Å². The van der Waals surface area contributed by atoms with Crippen LogP contribution >= 0.6 is 0 Å². The summed E-state index contributed by atoms with van der Waals surface area (Å²) in [5, 5.41) is 5.61. The average molecular weight is 360 g/mol. The van der Waals surface area contributed by atoms with Gasteiger partial charge in [0.25, 0.3) is 5.91 Å². The Morgan fingerprint density at radius 1 is 0.778 bits per heavy atom. The van der Waals surface area contributed by atoms with Crippen molar-refractivity contribution in [2.75, 3.05) is 17.7 Å². The van der Waals surface area contributed by atoms with Gasteiger partial charge in [-0.1, -0.05) is 42.5 Å². The highest BCUT2D eigenvalue weighted by Crippen LogP contribution is 2.28. The van der Waals surface area contributed by atoms with Crippen LogP contribution < -0.4 is 15.4 Å². The van der Waals surface area contributed by atoms with Crippen molar-refractivity contribution < 1.29 is 14.3 Å². The zero-order valence-corrected chi connectivity index (χ0v) is 15.2. The summed E-state index contributed by atoms with van der Waals surface area (Å²) >= 11 is 0. The van der Waals surface area contributed by atoms with Gasteiger partial charge in [0.1, 0.15) is 5.75 Å². The number of carbonyl (C=O) groups excluding carboxylic acids is 2. The fourth-order valence-electron chi connectivity index (χ4n) is 2.78. The molecule has 3 aromatic carbocycles. The zero-order valence-electron chi connectivity index (χ0n) is 15.2. The topological polar surface area (TPSA) is 67.4 Å². The van der Waals surface area contributed by atoms with E-state index in [1.165, 1.54) is 6.92 Å². The highest BCUT2D eigenvalue weighted by atomic mass is 16.5. The lowest BCUT2D eigenvalue weighted by Crippen LogP contribution is -2.15. The Hall–Kier alpha value is -3.60. The number of hydrogen-bond donors (Lipinski definition) is 2. The molecule has 5 heteroatoms. The molecule has 5 nitrogen and oxygen atoms in total. The Balaban J connectivity index is 1.91. The molecule has 2 amide bonds. The van der Waals surface area contributed by atoms with Gasteiger partial charge in [0.05, 0.1) is 18.5 Å². The maximum absolute atomic E-state index is 12.9. The minimum atomic E-state index is -0.251. The van der Waals surface area contributed by atoms with Gasteiger partial charge in [-0.2, -0.15) is 0 Å². The number of amides is 2. The first-order chi connectivity index (χ1) is 13.1. The minimum Gasteiger partial charge on any atom is -0.497 e. The summed E-state index contributed by atoms with van der Waals surface area (Å²) < 4.78 is 5.19. The summed E-state index contributed by atoms with van der Waals surface area (Å²) in [6.07, 6.45) is 0. The molecule has 3 rings (SSSR count). The molecule has 0 aliphatic carbocycles. The average Bonchev–Trinajstić information content (AvgIpc) is 2.69. The molecule has 3 aromatic rings. The van der Waals surface area contributed by atoms with Crippen molar-refractivity contribution in [2.24, 2.45) is 0 Å². The summed E-state index contributed by atoms with van der Waals surface area (Å²) in [5.41, 5.74) is 3.37. The van der Waals surface area contributed by atoms with E-state index in [0.29, 0.717) is 16.9 Å². The second-order valence-corrected chi connectivity index (χ2v) is 5.95. The van der Waals surface area contributed by atoms with E-state index in [1.807, 2.05) is 42.5 Å². The van der Waals surface area contributed by atoms with Gasteiger partial charge in [0, 0.05) is 12.5 Å². The maximum Gasteiger partial charge on any atom is 0.256 e. The van der Waals surface area contributed by atoms with Gasteiger partial charge in [-0.15, -0.1) is 0 Å². The van der Waals surface area contributed by atoms with Gasteiger partial charge in [-0.25, -0.2) is 0 Å². The van der Waals surface area contributed by atoms with Crippen LogP contribution in [0.1, 0.15) is 17.3 Å². The maximum atomic E-state index is 12.9. The third-order valence-corrected chi connectivity index (χ3v) is 4.06. The van der Waals surface area contributed by atoms with Gasteiger partial charge in [-0.3, -0.25) is 9.59 Å². The van der Waals surface area contributed by atoms with Crippen molar-refractivity contribution in [3.05, 3.63) is 78.4 Å². The molecule has 0 unspecified atom stereocenters. The van der Waals surface area contributed by atoms with E-state index in [9.17, 15) is 9.59 Å². The van der Waals surface area contributed by atoms with E-state index in [2.05, 4.69) is 10.6 Å². The molecule has 136 valence electrons. The molecular formula is C22H20N2O3. The predicted molar refractivity (Wildman–Crippen MR) is 107 cm³/mol. The van der Waals surface area contributed by atoms with Crippen molar-refractivity contribution in [1.82, 2.24) is 0 Å². The van der Waals surface area contributed by atoms with Crippen LogP contribution in [0, 0.1) is 0 Å². The summed E-state index contributed by atoms with van der Waals surface area (Å²) in [5.74, 6) is 0.305. The van der Waals surface area contributed by atoms with E-state index in [0.717, 1.165) is 16.9 Å². The van der Waals surface area contributed by atoms with E-state index in [1.54, 1.807) is 37.4 Å². The normalized spacial score (nSPS) is 10.1. The van der Waals surface area contributed by atoms with Crippen molar-refractivity contribution in [2.45, 2.75) is 6.92 Å². The summed E-state index contributed by atoms with van der Waals surface area (Å²) in [7, 11) is 1.61. The summed E-state index contributed by atoms with van der Waals surface area (Å²) in [6, 6.07) is 22.0. The summed E-state index contributed by atoms with van der Waals surface area (Å²) in [6.45, 7) is 1.43. The largest absolute Gasteiger partial charge is 0.497 e. The molecule has 0 atom stereocenters. The lowest BCUT2D eigenvalue weighted by molar-refractivity contribution is -0.114. The van der Waals surface area contributed by atoms with Gasteiger partial charge >= 0.3 is 0 Å². The number of methoxy groups -OCH3 is 1. The van der Waals surface area contributed by atoms with Crippen LogP contribution in [0.2, 0.25) is 0 Å². The zero-order chi connectivity index (χ0) is 19.2. The molecule has 0 aromatic heterocycles. The van der Waals surface area contributed by atoms with Crippen molar-refractivity contribution >= 4 is 23.2 Å². The molecule has 0 heterocycles. The molecule has 0 fully saturated rings. The first-order valence-corrected chi connectivity index (χ1v) is 8.50. The number of hydrogen-bond acceptors (Lipinski definition) is 3. The SMILES string of the molecule is COc1ccc(-c2ccccc2C(=O)Nc2ccccc2NC(C)=O)cc1. The van der Waals surface area contributed by atoms with Crippen molar-refractivity contribution in [3.63, 3.8) is 0 Å². The lowest BCUT2D eigenvalue weighted by atomic mass is 9.99. The number of nitrogens with one attached hydrogen (secondary N) is 2. The molecule has 0 radical (unpaired) electrons.